The van der Waals surface area contributed by atoms with E-state index in [0.717, 1.165) is 5.56 Å². The molecule has 0 aliphatic heterocycles. The summed E-state index contributed by atoms with van der Waals surface area (Å²) in [6, 6.07) is 17.9. The van der Waals surface area contributed by atoms with Crippen molar-refractivity contribution >= 4 is 21.6 Å². The number of hydrogen-bond acceptors (Lipinski definition) is 5. The normalized spacial score (nSPS) is 12.0. The number of nitrogens with one attached hydrogen (secondary N) is 2. The molecular formula is C24H26N2O5S. The molecule has 7 nitrogen and oxygen atoms in total. The Bertz CT molecular complexity index is 1210. The van der Waals surface area contributed by atoms with Gasteiger partial charge < -0.3 is 14.8 Å². The van der Waals surface area contributed by atoms with E-state index >= 15 is 0 Å². The zero-order valence-electron chi connectivity index (χ0n) is 18.4. The molecule has 3 aromatic carbocycles. The molecule has 0 saturated carbocycles. The number of aryl methyl sites for hydroxylation is 1. The summed E-state index contributed by atoms with van der Waals surface area (Å²) < 4.78 is 38.6. The summed E-state index contributed by atoms with van der Waals surface area (Å²) in [5.41, 5.74) is 2.13. The number of methoxy groups -OCH3 is 2. The maximum Gasteiger partial charge on any atom is 0.261 e. The SMILES string of the molecule is COc1ccc(OC)c([C@H](C)NC(=O)c2ccc(C)c(NS(=O)(=O)c3ccccc3)c2)c1. The monoisotopic (exact) mass is 454 g/mol. The van der Waals surface area contributed by atoms with E-state index in [4.69, 9.17) is 9.47 Å². The Hall–Kier alpha value is -3.52. The van der Waals surface area contributed by atoms with Crippen molar-refractivity contribution in [3.05, 3.63) is 83.4 Å². The molecule has 0 spiro atoms. The molecule has 168 valence electrons. The number of carbonyl (C=O) groups excluding carboxylic acids is 1. The molecule has 0 unspecified atom stereocenters. The highest BCUT2D eigenvalue weighted by atomic mass is 32.2. The second kappa shape index (κ2) is 9.74. The lowest BCUT2D eigenvalue weighted by Crippen LogP contribution is -2.27. The molecule has 2 N–H and O–H groups in total. The summed E-state index contributed by atoms with van der Waals surface area (Å²) in [6.45, 7) is 3.61. The van der Waals surface area contributed by atoms with Gasteiger partial charge in [-0.25, -0.2) is 8.42 Å². The molecule has 0 aromatic heterocycles. The number of anilines is 1. The standard InChI is InChI=1S/C24H26N2O5S/c1-16-10-11-18(14-22(16)26-32(28,29)20-8-6-5-7-9-20)24(27)25-17(2)21-15-19(30-3)12-13-23(21)31-4/h5-15,17,26H,1-4H3,(H,25,27)/t17-/m0/s1. The van der Waals surface area contributed by atoms with Crippen LogP contribution < -0.4 is 19.5 Å². The van der Waals surface area contributed by atoms with E-state index < -0.39 is 10.0 Å². The highest BCUT2D eigenvalue weighted by molar-refractivity contribution is 7.92. The van der Waals surface area contributed by atoms with Gasteiger partial charge >= 0.3 is 0 Å². The summed E-state index contributed by atoms with van der Waals surface area (Å²) in [7, 11) is -0.644. The minimum Gasteiger partial charge on any atom is -0.497 e. The van der Waals surface area contributed by atoms with Crippen LogP contribution in [-0.4, -0.2) is 28.5 Å². The van der Waals surface area contributed by atoms with Gasteiger partial charge in [0.25, 0.3) is 15.9 Å². The van der Waals surface area contributed by atoms with Crippen molar-refractivity contribution < 1.29 is 22.7 Å². The van der Waals surface area contributed by atoms with Crippen LogP contribution in [0.5, 0.6) is 11.5 Å². The average molecular weight is 455 g/mol. The first-order chi connectivity index (χ1) is 15.2. The number of sulfonamides is 1. The largest absolute Gasteiger partial charge is 0.497 e. The Labute approximate surface area is 188 Å². The van der Waals surface area contributed by atoms with Gasteiger partial charge in [-0.2, -0.15) is 0 Å². The molecule has 3 aromatic rings. The topological polar surface area (TPSA) is 93.7 Å². The molecule has 0 fully saturated rings. The molecule has 1 atom stereocenters. The van der Waals surface area contributed by atoms with Crippen LogP contribution in [0.15, 0.2) is 71.6 Å². The van der Waals surface area contributed by atoms with Crippen molar-refractivity contribution in [2.45, 2.75) is 24.8 Å². The van der Waals surface area contributed by atoms with Gasteiger partial charge in [-0.1, -0.05) is 24.3 Å². The lowest BCUT2D eigenvalue weighted by molar-refractivity contribution is 0.0939. The number of benzene rings is 3. The fourth-order valence-electron chi connectivity index (χ4n) is 3.21. The van der Waals surface area contributed by atoms with Crippen molar-refractivity contribution in [2.75, 3.05) is 18.9 Å². The smallest absolute Gasteiger partial charge is 0.261 e. The number of hydrogen-bond donors (Lipinski definition) is 2. The van der Waals surface area contributed by atoms with E-state index in [0.29, 0.717) is 28.3 Å². The number of rotatable bonds is 8. The number of ether oxygens (including phenoxy) is 2. The molecule has 0 saturated heterocycles. The van der Waals surface area contributed by atoms with Crippen LogP contribution in [0.3, 0.4) is 0 Å². The molecule has 32 heavy (non-hydrogen) atoms. The van der Waals surface area contributed by atoms with Crippen LogP contribution in [0.1, 0.15) is 34.5 Å². The summed E-state index contributed by atoms with van der Waals surface area (Å²) >= 11 is 0. The van der Waals surface area contributed by atoms with Crippen LogP contribution in [-0.2, 0) is 10.0 Å². The first-order valence-electron chi connectivity index (χ1n) is 9.96. The van der Waals surface area contributed by atoms with Crippen LogP contribution in [0, 0.1) is 6.92 Å². The third-order valence-corrected chi connectivity index (χ3v) is 6.43. The van der Waals surface area contributed by atoms with E-state index in [1.165, 1.54) is 18.2 Å². The third kappa shape index (κ3) is 5.20. The quantitative estimate of drug-likeness (QED) is 0.529. The van der Waals surface area contributed by atoms with Crippen molar-refractivity contribution in [1.82, 2.24) is 5.32 Å². The van der Waals surface area contributed by atoms with Crippen molar-refractivity contribution in [3.8, 4) is 11.5 Å². The van der Waals surface area contributed by atoms with Gasteiger partial charge in [0.15, 0.2) is 0 Å². The first kappa shape index (κ1) is 23.1. The number of carbonyl (C=O) groups is 1. The second-order valence-electron chi connectivity index (χ2n) is 7.25. The van der Waals surface area contributed by atoms with Gasteiger partial charge in [-0.15, -0.1) is 0 Å². The summed E-state index contributed by atoms with van der Waals surface area (Å²) in [6.07, 6.45) is 0. The Morgan fingerprint density at radius 1 is 0.938 bits per heavy atom. The molecule has 0 bridgehead atoms. The van der Waals surface area contributed by atoms with Gasteiger partial charge in [0.2, 0.25) is 0 Å². The fourth-order valence-corrected chi connectivity index (χ4v) is 4.35. The maximum absolute atomic E-state index is 12.9. The zero-order chi connectivity index (χ0) is 23.3. The van der Waals surface area contributed by atoms with Gasteiger partial charge in [0.1, 0.15) is 11.5 Å². The van der Waals surface area contributed by atoms with Gasteiger partial charge in [-0.05, 0) is 61.9 Å². The van der Waals surface area contributed by atoms with Gasteiger partial charge in [0, 0.05) is 11.1 Å². The average Bonchev–Trinajstić information content (AvgIpc) is 2.80. The minimum absolute atomic E-state index is 0.146. The molecule has 0 heterocycles. The lowest BCUT2D eigenvalue weighted by atomic mass is 10.1. The van der Waals surface area contributed by atoms with Crippen LogP contribution in [0.25, 0.3) is 0 Å². The zero-order valence-corrected chi connectivity index (χ0v) is 19.2. The predicted octanol–water partition coefficient (Wildman–Crippen LogP) is 4.30. The summed E-state index contributed by atoms with van der Waals surface area (Å²) in [5, 5.41) is 2.93. The van der Waals surface area contributed by atoms with E-state index in [1.807, 2.05) is 6.92 Å². The van der Waals surface area contributed by atoms with E-state index in [1.54, 1.807) is 69.7 Å². The predicted molar refractivity (Wildman–Crippen MR) is 124 cm³/mol. The Morgan fingerprint density at radius 3 is 2.31 bits per heavy atom. The minimum atomic E-state index is -3.77. The lowest BCUT2D eigenvalue weighted by Gasteiger charge is -2.19. The van der Waals surface area contributed by atoms with E-state index in [9.17, 15) is 13.2 Å². The molecule has 3 rings (SSSR count). The number of amides is 1. The third-order valence-electron chi connectivity index (χ3n) is 5.05. The molecule has 1 amide bonds. The molecule has 0 radical (unpaired) electrons. The summed E-state index contributed by atoms with van der Waals surface area (Å²) in [5.74, 6) is 0.927. The van der Waals surface area contributed by atoms with Crippen LogP contribution in [0.2, 0.25) is 0 Å². The molecular weight excluding hydrogens is 428 g/mol. The van der Waals surface area contributed by atoms with Gasteiger partial charge in [-0.3, -0.25) is 9.52 Å². The van der Waals surface area contributed by atoms with Crippen LogP contribution in [0.4, 0.5) is 5.69 Å². The van der Waals surface area contributed by atoms with Gasteiger partial charge in [0.05, 0.1) is 30.8 Å². The molecule has 0 aliphatic rings. The van der Waals surface area contributed by atoms with Crippen molar-refractivity contribution in [3.63, 3.8) is 0 Å². The van der Waals surface area contributed by atoms with Crippen molar-refractivity contribution in [2.24, 2.45) is 0 Å². The highest BCUT2D eigenvalue weighted by Crippen LogP contribution is 2.29. The highest BCUT2D eigenvalue weighted by Gasteiger charge is 2.19. The fraction of sp³-hybridized carbons (Fsp3) is 0.208. The summed E-state index contributed by atoms with van der Waals surface area (Å²) in [4.78, 5) is 13.1. The Morgan fingerprint density at radius 2 is 1.66 bits per heavy atom. The van der Waals surface area contributed by atoms with Crippen molar-refractivity contribution in [1.29, 1.82) is 0 Å². The van der Waals surface area contributed by atoms with E-state index in [2.05, 4.69) is 10.0 Å². The Balaban J connectivity index is 1.83. The first-order valence-corrected chi connectivity index (χ1v) is 11.4. The molecule has 8 heteroatoms. The maximum atomic E-state index is 12.9. The van der Waals surface area contributed by atoms with E-state index in [-0.39, 0.29) is 16.8 Å². The second-order valence-corrected chi connectivity index (χ2v) is 8.93. The van der Waals surface area contributed by atoms with Crippen LogP contribution >= 0.6 is 0 Å². The molecule has 0 aliphatic carbocycles. The Kier molecular flexibility index (Phi) is 7.05.